The van der Waals surface area contributed by atoms with Gasteiger partial charge in [0.25, 0.3) is 0 Å². The first-order valence-corrected chi connectivity index (χ1v) is 8.76. The van der Waals surface area contributed by atoms with E-state index in [1.807, 2.05) is 18.2 Å². The molecule has 0 spiro atoms. The molecule has 1 unspecified atom stereocenters. The lowest BCUT2D eigenvalue weighted by molar-refractivity contribution is 0.355. The summed E-state index contributed by atoms with van der Waals surface area (Å²) < 4.78 is 10.6. The highest BCUT2D eigenvalue weighted by Gasteiger charge is 2.12. The Morgan fingerprint density at radius 2 is 1.72 bits per heavy atom. The molecule has 0 saturated carbocycles. The van der Waals surface area contributed by atoms with Gasteiger partial charge in [-0.25, -0.2) is 0 Å². The third kappa shape index (κ3) is 4.86. The van der Waals surface area contributed by atoms with E-state index in [0.29, 0.717) is 16.6 Å². The number of hydrogen-bond acceptors (Lipinski definition) is 3. The average molecular weight is 359 g/mol. The summed E-state index contributed by atoms with van der Waals surface area (Å²) in [5.41, 5.74) is 4.67. The molecular weight excluding hydrogens is 332 g/mol. The summed E-state index contributed by atoms with van der Waals surface area (Å²) in [5, 5.41) is 7.19. The van der Waals surface area contributed by atoms with Crippen molar-refractivity contribution >= 4 is 23.0 Å². The van der Waals surface area contributed by atoms with Gasteiger partial charge in [-0.05, 0) is 61.3 Å². The van der Waals surface area contributed by atoms with Gasteiger partial charge in [0.15, 0.2) is 16.6 Å². The zero-order chi connectivity index (χ0) is 18.4. The van der Waals surface area contributed by atoms with E-state index in [-0.39, 0.29) is 6.04 Å². The molecule has 0 saturated heterocycles. The summed E-state index contributed by atoms with van der Waals surface area (Å²) in [6, 6.07) is 12.3. The fourth-order valence-electron chi connectivity index (χ4n) is 2.64. The van der Waals surface area contributed by atoms with Crippen molar-refractivity contribution in [2.45, 2.75) is 33.2 Å². The van der Waals surface area contributed by atoms with E-state index < -0.39 is 0 Å². The summed E-state index contributed by atoms with van der Waals surface area (Å²) in [6.07, 6.45) is 0.941. The van der Waals surface area contributed by atoms with Crippen LogP contribution in [0.25, 0.3) is 0 Å². The summed E-state index contributed by atoms with van der Waals surface area (Å²) in [7, 11) is 3.23. The fraction of sp³-hybridized carbons (Fsp3) is 0.350. The highest BCUT2D eigenvalue weighted by Crippen LogP contribution is 2.29. The SMILES string of the molecule is CCC(NC(=S)Nc1ccc(OC)c(OC)c1)c1ccc(C)c(C)c1. The van der Waals surface area contributed by atoms with Crippen molar-refractivity contribution in [3.05, 3.63) is 53.1 Å². The van der Waals surface area contributed by atoms with Gasteiger partial charge in [0.2, 0.25) is 0 Å². The van der Waals surface area contributed by atoms with Crippen LogP contribution >= 0.6 is 12.2 Å². The molecule has 0 aliphatic carbocycles. The zero-order valence-corrected chi connectivity index (χ0v) is 16.3. The monoisotopic (exact) mass is 358 g/mol. The van der Waals surface area contributed by atoms with Crippen molar-refractivity contribution in [2.75, 3.05) is 19.5 Å². The molecule has 0 aliphatic rings. The topological polar surface area (TPSA) is 42.5 Å². The molecule has 4 nitrogen and oxygen atoms in total. The fourth-order valence-corrected chi connectivity index (χ4v) is 2.90. The Kier molecular flexibility index (Phi) is 6.65. The Bertz CT molecular complexity index is 746. The predicted octanol–water partition coefficient (Wildman–Crippen LogP) is 4.76. The number of nitrogens with one attached hydrogen (secondary N) is 2. The highest BCUT2D eigenvalue weighted by molar-refractivity contribution is 7.80. The Hall–Kier alpha value is -2.27. The molecular formula is C20H26N2O2S. The first kappa shape index (κ1) is 19.1. The van der Waals surface area contributed by atoms with E-state index >= 15 is 0 Å². The molecule has 25 heavy (non-hydrogen) atoms. The van der Waals surface area contributed by atoms with Crippen LogP contribution in [0.15, 0.2) is 36.4 Å². The molecule has 2 N–H and O–H groups in total. The molecule has 0 aliphatic heterocycles. The van der Waals surface area contributed by atoms with Gasteiger partial charge in [0, 0.05) is 11.8 Å². The second kappa shape index (κ2) is 8.72. The number of thiocarbonyl (C=S) groups is 1. The van der Waals surface area contributed by atoms with E-state index in [2.05, 4.69) is 49.6 Å². The largest absolute Gasteiger partial charge is 0.493 e. The Labute approximate surface area is 155 Å². The first-order chi connectivity index (χ1) is 12.0. The summed E-state index contributed by atoms with van der Waals surface area (Å²) in [4.78, 5) is 0. The van der Waals surface area contributed by atoms with E-state index in [4.69, 9.17) is 21.7 Å². The molecule has 0 aromatic heterocycles. The van der Waals surface area contributed by atoms with Gasteiger partial charge >= 0.3 is 0 Å². The number of rotatable bonds is 6. The third-order valence-corrected chi connectivity index (χ3v) is 4.51. The summed E-state index contributed by atoms with van der Waals surface area (Å²) in [6.45, 7) is 6.40. The van der Waals surface area contributed by atoms with Gasteiger partial charge in [-0.3, -0.25) is 0 Å². The van der Waals surface area contributed by atoms with Crippen LogP contribution in [0.4, 0.5) is 5.69 Å². The number of aryl methyl sites for hydroxylation is 2. The smallest absolute Gasteiger partial charge is 0.171 e. The highest BCUT2D eigenvalue weighted by atomic mass is 32.1. The summed E-state index contributed by atoms with van der Waals surface area (Å²) in [5.74, 6) is 1.35. The number of benzene rings is 2. The number of anilines is 1. The maximum absolute atomic E-state index is 5.48. The van der Waals surface area contributed by atoms with Crippen LogP contribution in [0, 0.1) is 13.8 Å². The van der Waals surface area contributed by atoms with Crippen LogP contribution < -0.4 is 20.1 Å². The zero-order valence-electron chi connectivity index (χ0n) is 15.5. The lowest BCUT2D eigenvalue weighted by Crippen LogP contribution is -2.32. The Balaban J connectivity index is 2.08. The minimum absolute atomic E-state index is 0.166. The molecule has 134 valence electrons. The Morgan fingerprint density at radius 1 is 1.00 bits per heavy atom. The Morgan fingerprint density at radius 3 is 2.32 bits per heavy atom. The van der Waals surface area contributed by atoms with Crippen molar-refractivity contribution in [3.63, 3.8) is 0 Å². The molecule has 0 bridgehead atoms. The van der Waals surface area contributed by atoms with Crippen molar-refractivity contribution in [1.29, 1.82) is 0 Å². The third-order valence-electron chi connectivity index (χ3n) is 4.29. The first-order valence-electron chi connectivity index (χ1n) is 8.35. The van der Waals surface area contributed by atoms with E-state index in [9.17, 15) is 0 Å². The van der Waals surface area contributed by atoms with E-state index in [1.165, 1.54) is 16.7 Å². The van der Waals surface area contributed by atoms with E-state index in [1.54, 1.807) is 14.2 Å². The molecule has 0 radical (unpaired) electrons. The average Bonchev–Trinajstić information content (AvgIpc) is 2.61. The van der Waals surface area contributed by atoms with Crippen LogP contribution in [-0.4, -0.2) is 19.3 Å². The number of methoxy groups -OCH3 is 2. The lowest BCUT2D eigenvalue weighted by Gasteiger charge is -2.21. The van der Waals surface area contributed by atoms with Gasteiger partial charge in [0.05, 0.1) is 20.3 Å². The molecule has 0 fully saturated rings. The maximum atomic E-state index is 5.48. The van der Waals surface area contributed by atoms with Crippen molar-refractivity contribution < 1.29 is 9.47 Å². The van der Waals surface area contributed by atoms with E-state index in [0.717, 1.165) is 12.1 Å². The van der Waals surface area contributed by atoms with Crippen LogP contribution in [0.2, 0.25) is 0 Å². The van der Waals surface area contributed by atoms with Gasteiger partial charge in [-0.15, -0.1) is 0 Å². The quantitative estimate of drug-likeness (QED) is 0.729. The van der Waals surface area contributed by atoms with Gasteiger partial charge in [0.1, 0.15) is 0 Å². The molecule has 2 rings (SSSR count). The van der Waals surface area contributed by atoms with Gasteiger partial charge < -0.3 is 20.1 Å². The molecule has 1 atom stereocenters. The van der Waals surface area contributed by atoms with Crippen molar-refractivity contribution in [3.8, 4) is 11.5 Å². The van der Waals surface area contributed by atoms with Crippen LogP contribution in [0.5, 0.6) is 11.5 Å². The molecule has 5 heteroatoms. The standard InChI is InChI=1S/C20H26N2O2S/c1-6-17(15-8-7-13(2)14(3)11-15)22-20(25)21-16-9-10-18(23-4)19(12-16)24-5/h7-12,17H,6H2,1-5H3,(H2,21,22,25). The van der Waals surface area contributed by atoms with Crippen LogP contribution in [-0.2, 0) is 0 Å². The summed E-state index contributed by atoms with van der Waals surface area (Å²) >= 11 is 5.48. The number of hydrogen-bond donors (Lipinski definition) is 2. The van der Waals surface area contributed by atoms with Gasteiger partial charge in [-0.1, -0.05) is 25.1 Å². The normalized spacial score (nSPS) is 11.6. The maximum Gasteiger partial charge on any atom is 0.171 e. The second-order valence-electron chi connectivity index (χ2n) is 5.97. The van der Waals surface area contributed by atoms with Crippen LogP contribution in [0.1, 0.15) is 36.1 Å². The van der Waals surface area contributed by atoms with Crippen LogP contribution in [0.3, 0.4) is 0 Å². The predicted molar refractivity (Wildman–Crippen MR) is 108 cm³/mol. The molecule has 2 aromatic carbocycles. The molecule has 2 aromatic rings. The minimum atomic E-state index is 0.166. The minimum Gasteiger partial charge on any atom is -0.493 e. The van der Waals surface area contributed by atoms with Crippen molar-refractivity contribution in [1.82, 2.24) is 5.32 Å². The van der Waals surface area contributed by atoms with Crippen molar-refractivity contribution in [2.24, 2.45) is 0 Å². The second-order valence-corrected chi connectivity index (χ2v) is 6.38. The van der Waals surface area contributed by atoms with Gasteiger partial charge in [-0.2, -0.15) is 0 Å². The molecule has 0 amide bonds. The lowest BCUT2D eigenvalue weighted by atomic mass is 9.99. The number of ether oxygens (including phenoxy) is 2. The molecule has 0 heterocycles.